The van der Waals surface area contributed by atoms with E-state index in [1.807, 2.05) is 0 Å². The molecule has 1 nitrogen and oxygen atoms in total. The zero-order valence-corrected chi connectivity index (χ0v) is 36.8. The molecular formula is C62H51N. The molecular weight excluding hydrogens is 759 g/mol. The van der Waals surface area contributed by atoms with Crippen molar-refractivity contribution in [2.24, 2.45) is 0 Å². The van der Waals surface area contributed by atoms with E-state index >= 15 is 0 Å². The van der Waals surface area contributed by atoms with Gasteiger partial charge in [0.2, 0.25) is 0 Å². The van der Waals surface area contributed by atoms with E-state index < -0.39 is 0 Å². The fraction of sp³-hybridized carbons (Fsp3) is 0.161. The van der Waals surface area contributed by atoms with Gasteiger partial charge in [-0.15, -0.1) is 0 Å². The Balaban J connectivity index is 1.12. The monoisotopic (exact) mass is 809 g/mol. The third kappa shape index (κ3) is 5.36. The van der Waals surface area contributed by atoms with Crippen LogP contribution in [-0.4, -0.2) is 0 Å². The van der Waals surface area contributed by atoms with Crippen molar-refractivity contribution in [2.75, 3.05) is 4.90 Å². The van der Waals surface area contributed by atoms with E-state index in [2.05, 4.69) is 234 Å². The number of benzene rings is 8. The highest BCUT2D eigenvalue weighted by Crippen LogP contribution is 2.58. The molecule has 0 radical (unpaired) electrons. The quantitative estimate of drug-likeness (QED) is 0.162. The average Bonchev–Trinajstić information content (AvgIpc) is 3.83. The van der Waals surface area contributed by atoms with E-state index in [0.717, 1.165) is 29.9 Å². The molecule has 0 saturated heterocycles. The summed E-state index contributed by atoms with van der Waals surface area (Å²) in [6.45, 7) is 12.0. The highest BCUT2D eigenvalue weighted by molar-refractivity contribution is 6.00. The van der Waals surface area contributed by atoms with Gasteiger partial charge >= 0.3 is 0 Å². The van der Waals surface area contributed by atoms with Crippen molar-refractivity contribution in [3.8, 4) is 55.6 Å². The maximum absolute atomic E-state index is 2.57. The average molecular weight is 810 g/mol. The Morgan fingerprint density at radius 1 is 0.397 bits per heavy atom. The summed E-state index contributed by atoms with van der Waals surface area (Å²) in [5.74, 6) is 0. The second-order valence-electron chi connectivity index (χ2n) is 19.3. The predicted molar refractivity (Wildman–Crippen MR) is 265 cm³/mol. The molecule has 0 fully saturated rings. The lowest BCUT2D eigenvalue weighted by atomic mass is 9.71. The van der Waals surface area contributed by atoms with Crippen LogP contribution in [0.25, 0.3) is 55.6 Å². The van der Waals surface area contributed by atoms with Crippen molar-refractivity contribution in [1.82, 2.24) is 0 Å². The van der Waals surface area contributed by atoms with Crippen LogP contribution in [0.3, 0.4) is 0 Å². The Bertz CT molecular complexity index is 3260. The van der Waals surface area contributed by atoms with E-state index in [-0.39, 0.29) is 16.2 Å². The summed E-state index contributed by atoms with van der Waals surface area (Å²) in [5.41, 5.74) is 25.7. The second kappa shape index (κ2) is 13.8. The molecule has 8 aromatic carbocycles. The van der Waals surface area contributed by atoms with Gasteiger partial charge in [0, 0.05) is 33.1 Å². The van der Waals surface area contributed by atoms with Gasteiger partial charge in [-0.1, -0.05) is 197 Å². The number of nitrogens with zero attached hydrogens (tertiary/aromatic N) is 1. The Kier molecular flexibility index (Phi) is 8.26. The third-order valence-electron chi connectivity index (χ3n) is 15.3. The lowest BCUT2D eigenvalue weighted by Gasteiger charge is -2.34. The minimum absolute atomic E-state index is 0.0592. The van der Waals surface area contributed by atoms with Gasteiger partial charge in [0.1, 0.15) is 0 Å². The van der Waals surface area contributed by atoms with Crippen LogP contribution in [0.15, 0.2) is 200 Å². The number of para-hydroxylation sites is 2. The zero-order chi connectivity index (χ0) is 42.7. The fourth-order valence-corrected chi connectivity index (χ4v) is 12.1. The standard InChI is InChI=1S/C62H51N/c1-60(2)51-28-14-9-24-45(51)50-38-40(34-37-53(50)60)43-22-12-17-32-57(43)63(42-35-36-46-44-23-10-16-30-54(44)62(5,56(46)39-42)41-20-7-6-8-21-41)58-33-18-13-25-47(58)48-27-19-31-55-59(48)49-26-11-15-29-52(49)61(55,3)4/h6-7,9-20,22-39H,8,21H2,1-5H3. The van der Waals surface area contributed by atoms with E-state index in [4.69, 9.17) is 0 Å². The van der Waals surface area contributed by atoms with Crippen LogP contribution in [0.1, 0.15) is 80.8 Å². The van der Waals surface area contributed by atoms with E-state index in [1.54, 1.807) is 0 Å². The molecule has 4 aliphatic rings. The summed E-state index contributed by atoms with van der Waals surface area (Å²) in [7, 11) is 0. The normalized spacial score (nSPS) is 17.8. The lowest BCUT2D eigenvalue weighted by Crippen LogP contribution is -2.25. The van der Waals surface area contributed by atoms with E-state index in [0.29, 0.717) is 0 Å². The molecule has 1 heteroatoms. The Labute approximate surface area is 372 Å². The van der Waals surface area contributed by atoms with Gasteiger partial charge in [-0.2, -0.15) is 0 Å². The molecule has 0 aliphatic heterocycles. The lowest BCUT2D eigenvalue weighted by molar-refractivity contribution is 0.650. The van der Waals surface area contributed by atoms with Crippen molar-refractivity contribution in [2.45, 2.75) is 63.7 Å². The van der Waals surface area contributed by atoms with E-state index in [9.17, 15) is 0 Å². The number of hydrogen-bond donors (Lipinski definition) is 0. The van der Waals surface area contributed by atoms with Crippen molar-refractivity contribution in [3.05, 3.63) is 233 Å². The summed E-state index contributed by atoms with van der Waals surface area (Å²) in [4.78, 5) is 2.57. The molecule has 0 amide bonds. The molecule has 1 atom stereocenters. The summed E-state index contributed by atoms with van der Waals surface area (Å²) >= 11 is 0. The summed E-state index contributed by atoms with van der Waals surface area (Å²) in [6, 6.07) is 66.8. The molecule has 63 heavy (non-hydrogen) atoms. The summed E-state index contributed by atoms with van der Waals surface area (Å²) in [5, 5.41) is 0. The molecule has 4 aliphatic carbocycles. The van der Waals surface area contributed by atoms with E-state index in [1.165, 1.54) is 94.6 Å². The highest BCUT2D eigenvalue weighted by Gasteiger charge is 2.43. The van der Waals surface area contributed by atoms with Crippen LogP contribution in [0.2, 0.25) is 0 Å². The topological polar surface area (TPSA) is 3.24 Å². The van der Waals surface area contributed by atoms with Gasteiger partial charge in [0.15, 0.2) is 0 Å². The van der Waals surface area contributed by atoms with Crippen LogP contribution in [0.5, 0.6) is 0 Å². The van der Waals surface area contributed by atoms with Crippen LogP contribution < -0.4 is 4.90 Å². The molecule has 0 heterocycles. The minimum atomic E-state index is -0.257. The van der Waals surface area contributed by atoms with Gasteiger partial charge in [0.25, 0.3) is 0 Å². The smallest absolute Gasteiger partial charge is 0.0540 e. The van der Waals surface area contributed by atoms with Crippen molar-refractivity contribution in [3.63, 3.8) is 0 Å². The molecule has 12 rings (SSSR count). The van der Waals surface area contributed by atoms with Crippen LogP contribution in [0.4, 0.5) is 17.1 Å². The number of rotatable bonds is 6. The van der Waals surface area contributed by atoms with Gasteiger partial charge in [-0.05, 0) is 128 Å². The predicted octanol–water partition coefficient (Wildman–Crippen LogP) is 16.7. The molecule has 0 spiro atoms. The molecule has 1 unspecified atom stereocenters. The Morgan fingerprint density at radius 2 is 0.937 bits per heavy atom. The van der Waals surface area contributed by atoms with Gasteiger partial charge < -0.3 is 4.90 Å². The molecule has 0 N–H and O–H groups in total. The first-order chi connectivity index (χ1) is 30.7. The van der Waals surface area contributed by atoms with Gasteiger partial charge in [0.05, 0.1) is 11.4 Å². The zero-order valence-electron chi connectivity index (χ0n) is 36.8. The number of anilines is 3. The Hall–Kier alpha value is -6.96. The maximum Gasteiger partial charge on any atom is 0.0540 e. The maximum atomic E-state index is 2.57. The number of allylic oxidation sites excluding steroid dienone is 4. The number of hydrogen-bond acceptors (Lipinski definition) is 1. The minimum Gasteiger partial charge on any atom is -0.309 e. The summed E-state index contributed by atoms with van der Waals surface area (Å²) in [6.07, 6.45) is 9.07. The van der Waals surface area contributed by atoms with Crippen LogP contribution in [0, 0.1) is 0 Å². The Morgan fingerprint density at radius 3 is 1.67 bits per heavy atom. The third-order valence-corrected chi connectivity index (χ3v) is 15.3. The SMILES string of the molecule is CC1(C)c2ccccc2-c2cc(-c3ccccc3N(c3ccc4c(c3)C(C)(C3=CC=CCC3)c3ccccc3-4)c3ccccc3-c3cccc4c3-c3ccccc3C4(C)C)ccc21. The van der Waals surface area contributed by atoms with Crippen LogP contribution in [-0.2, 0) is 16.2 Å². The van der Waals surface area contributed by atoms with Gasteiger partial charge in [-0.25, -0.2) is 0 Å². The summed E-state index contributed by atoms with van der Waals surface area (Å²) < 4.78 is 0. The van der Waals surface area contributed by atoms with Crippen LogP contribution >= 0.6 is 0 Å². The van der Waals surface area contributed by atoms with Crippen molar-refractivity contribution < 1.29 is 0 Å². The van der Waals surface area contributed by atoms with Crippen molar-refractivity contribution >= 4 is 17.1 Å². The first-order valence-corrected chi connectivity index (χ1v) is 22.7. The van der Waals surface area contributed by atoms with Crippen molar-refractivity contribution in [1.29, 1.82) is 0 Å². The molecule has 0 saturated carbocycles. The highest BCUT2D eigenvalue weighted by atomic mass is 15.1. The fourth-order valence-electron chi connectivity index (χ4n) is 12.1. The largest absolute Gasteiger partial charge is 0.309 e. The molecule has 0 bridgehead atoms. The second-order valence-corrected chi connectivity index (χ2v) is 19.3. The molecule has 304 valence electrons. The first kappa shape index (κ1) is 37.8. The number of fused-ring (bicyclic) bond motifs is 9. The molecule has 0 aromatic heterocycles. The van der Waals surface area contributed by atoms with Gasteiger partial charge in [-0.3, -0.25) is 0 Å². The first-order valence-electron chi connectivity index (χ1n) is 22.7. The molecule has 8 aromatic rings.